The Morgan fingerprint density at radius 1 is 0.862 bits per heavy atom. The highest BCUT2D eigenvalue weighted by Gasteiger charge is 2.20. The highest BCUT2D eigenvalue weighted by Crippen LogP contribution is 2.25. The quantitative estimate of drug-likeness (QED) is 0.703. The van der Waals surface area contributed by atoms with Crippen LogP contribution in [0.4, 0.5) is 0 Å². The molecule has 1 aliphatic rings. The summed E-state index contributed by atoms with van der Waals surface area (Å²) in [4.78, 5) is 4.74. The summed E-state index contributed by atoms with van der Waals surface area (Å²) < 4.78 is 11.8. The van der Waals surface area contributed by atoms with Crippen LogP contribution in [0.15, 0.2) is 42.5 Å². The molecule has 1 aliphatic heterocycles. The number of rotatable bonds is 9. The number of aliphatic hydroxyl groups excluding tert-OH is 1. The van der Waals surface area contributed by atoms with Gasteiger partial charge in [0.15, 0.2) is 0 Å². The van der Waals surface area contributed by atoms with E-state index in [9.17, 15) is 5.11 Å². The minimum Gasteiger partial charge on any atom is -0.492 e. The van der Waals surface area contributed by atoms with Crippen molar-refractivity contribution in [1.82, 2.24) is 9.80 Å². The highest BCUT2D eigenvalue weighted by atomic mass is 16.5. The van der Waals surface area contributed by atoms with Crippen LogP contribution in [-0.4, -0.2) is 73.5 Å². The van der Waals surface area contributed by atoms with Crippen molar-refractivity contribution in [3.8, 4) is 11.5 Å². The summed E-state index contributed by atoms with van der Waals surface area (Å²) >= 11 is 0. The number of aliphatic hydroxyl groups is 1. The van der Waals surface area contributed by atoms with Crippen molar-refractivity contribution in [1.29, 1.82) is 0 Å². The second kappa shape index (κ2) is 10.6. The highest BCUT2D eigenvalue weighted by molar-refractivity contribution is 5.44. The number of aryl methyl sites for hydroxylation is 2. The Kier molecular flexibility index (Phi) is 7.92. The van der Waals surface area contributed by atoms with Crippen LogP contribution in [0.3, 0.4) is 0 Å². The maximum Gasteiger partial charge on any atom is 0.125 e. The van der Waals surface area contributed by atoms with E-state index in [2.05, 4.69) is 42.7 Å². The van der Waals surface area contributed by atoms with Crippen molar-refractivity contribution in [2.45, 2.75) is 26.9 Å². The van der Waals surface area contributed by atoms with Crippen LogP contribution >= 0.6 is 0 Å². The van der Waals surface area contributed by atoms with Gasteiger partial charge in [0.1, 0.15) is 30.8 Å². The fourth-order valence-electron chi connectivity index (χ4n) is 3.68. The summed E-state index contributed by atoms with van der Waals surface area (Å²) in [6, 6.07) is 14.1. The predicted octanol–water partition coefficient (Wildman–Crippen LogP) is 3.05. The molecule has 1 N–H and O–H groups in total. The molecule has 5 heteroatoms. The molecule has 2 aromatic carbocycles. The van der Waals surface area contributed by atoms with Crippen LogP contribution in [0.5, 0.6) is 11.5 Å². The van der Waals surface area contributed by atoms with E-state index in [-0.39, 0.29) is 0 Å². The van der Waals surface area contributed by atoms with E-state index in [1.54, 1.807) is 0 Å². The Morgan fingerprint density at radius 3 is 2.24 bits per heavy atom. The number of para-hydroxylation sites is 1. The fourth-order valence-corrected chi connectivity index (χ4v) is 3.68. The van der Waals surface area contributed by atoms with Crippen LogP contribution in [0.2, 0.25) is 0 Å². The van der Waals surface area contributed by atoms with Gasteiger partial charge in [-0.25, -0.2) is 0 Å². The first-order valence-electron chi connectivity index (χ1n) is 10.5. The molecule has 29 heavy (non-hydrogen) atoms. The molecular weight excluding hydrogens is 364 g/mol. The van der Waals surface area contributed by atoms with Crippen molar-refractivity contribution >= 4 is 0 Å². The predicted molar refractivity (Wildman–Crippen MR) is 117 cm³/mol. The smallest absolute Gasteiger partial charge is 0.125 e. The van der Waals surface area contributed by atoms with Crippen molar-refractivity contribution in [3.05, 3.63) is 59.2 Å². The van der Waals surface area contributed by atoms with Crippen molar-refractivity contribution < 1.29 is 14.6 Å². The second-order valence-corrected chi connectivity index (χ2v) is 7.92. The molecule has 0 radical (unpaired) electrons. The number of benzene rings is 2. The molecule has 0 spiro atoms. The lowest BCUT2D eigenvalue weighted by Gasteiger charge is -2.35. The minimum atomic E-state index is -0.484. The van der Waals surface area contributed by atoms with E-state index in [0.717, 1.165) is 55.3 Å². The van der Waals surface area contributed by atoms with Gasteiger partial charge < -0.3 is 14.6 Å². The van der Waals surface area contributed by atoms with Gasteiger partial charge in [-0.2, -0.15) is 0 Å². The lowest BCUT2D eigenvalue weighted by molar-refractivity contribution is 0.0433. The third kappa shape index (κ3) is 6.46. The van der Waals surface area contributed by atoms with E-state index in [0.29, 0.717) is 19.8 Å². The molecule has 5 nitrogen and oxygen atoms in total. The number of hydrogen-bond acceptors (Lipinski definition) is 5. The average Bonchev–Trinajstić information content (AvgIpc) is 2.73. The molecular formula is C24H34N2O3. The van der Waals surface area contributed by atoms with Crippen LogP contribution < -0.4 is 9.47 Å². The van der Waals surface area contributed by atoms with Gasteiger partial charge in [-0.15, -0.1) is 0 Å². The summed E-state index contributed by atoms with van der Waals surface area (Å²) in [5.74, 6) is 1.83. The summed E-state index contributed by atoms with van der Waals surface area (Å²) in [7, 11) is 0. The molecule has 0 amide bonds. The zero-order chi connectivity index (χ0) is 20.6. The number of piperazine rings is 1. The van der Waals surface area contributed by atoms with Crippen LogP contribution in [0, 0.1) is 20.8 Å². The average molecular weight is 399 g/mol. The van der Waals surface area contributed by atoms with Gasteiger partial charge in [0.05, 0.1) is 0 Å². The molecule has 1 atom stereocenters. The summed E-state index contributed by atoms with van der Waals surface area (Å²) in [5.41, 5.74) is 3.49. The third-order valence-corrected chi connectivity index (χ3v) is 5.65. The Labute approximate surface area is 174 Å². The van der Waals surface area contributed by atoms with Gasteiger partial charge >= 0.3 is 0 Å². The van der Waals surface area contributed by atoms with Crippen LogP contribution in [0.1, 0.15) is 16.7 Å². The van der Waals surface area contributed by atoms with E-state index >= 15 is 0 Å². The van der Waals surface area contributed by atoms with Gasteiger partial charge in [-0.3, -0.25) is 9.80 Å². The number of ether oxygens (including phenoxy) is 2. The van der Waals surface area contributed by atoms with Crippen molar-refractivity contribution in [2.75, 3.05) is 52.5 Å². The molecule has 0 aliphatic carbocycles. The molecule has 0 aromatic heterocycles. The first kappa shape index (κ1) is 21.6. The maximum atomic E-state index is 10.4. The lowest BCUT2D eigenvalue weighted by atomic mass is 10.1. The van der Waals surface area contributed by atoms with Gasteiger partial charge in [-0.1, -0.05) is 30.3 Å². The SMILES string of the molecule is Cc1ccc(C)c(OCC(O)CN2CCN(CCOc3ccccc3)CC2)c1C. The molecule has 2 aromatic rings. The van der Waals surface area contributed by atoms with Gasteiger partial charge in [0.2, 0.25) is 0 Å². The molecule has 158 valence electrons. The Hall–Kier alpha value is -2.08. The van der Waals surface area contributed by atoms with Crippen LogP contribution in [-0.2, 0) is 0 Å². The second-order valence-electron chi connectivity index (χ2n) is 7.92. The van der Waals surface area contributed by atoms with Gasteiger partial charge in [0.25, 0.3) is 0 Å². The molecule has 1 heterocycles. The number of hydrogen-bond donors (Lipinski definition) is 1. The van der Waals surface area contributed by atoms with E-state index in [4.69, 9.17) is 9.47 Å². The Balaban J connectivity index is 1.34. The molecule has 0 saturated carbocycles. The molecule has 0 bridgehead atoms. The monoisotopic (exact) mass is 398 g/mol. The standard InChI is InChI=1S/C24H34N2O3/c1-19-9-10-20(2)24(21(19)3)29-18-22(27)17-26-13-11-25(12-14-26)15-16-28-23-7-5-4-6-8-23/h4-10,22,27H,11-18H2,1-3H3. The molecule has 1 fully saturated rings. The van der Waals surface area contributed by atoms with Crippen LogP contribution in [0.25, 0.3) is 0 Å². The summed E-state index contributed by atoms with van der Waals surface area (Å²) in [5, 5.41) is 10.4. The van der Waals surface area contributed by atoms with E-state index < -0.39 is 6.10 Å². The van der Waals surface area contributed by atoms with Gasteiger partial charge in [0, 0.05) is 39.3 Å². The Bertz CT molecular complexity index is 758. The largest absolute Gasteiger partial charge is 0.492 e. The van der Waals surface area contributed by atoms with E-state index in [1.807, 2.05) is 30.3 Å². The van der Waals surface area contributed by atoms with E-state index in [1.165, 1.54) is 5.56 Å². The molecule has 1 unspecified atom stereocenters. The minimum absolute atomic E-state index is 0.330. The maximum absolute atomic E-state index is 10.4. The van der Waals surface area contributed by atoms with Gasteiger partial charge in [-0.05, 0) is 49.6 Å². The topological polar surface area (TPSA) is 45.2 Å². The summed E-state index contributed by atoms with van der Waals surface area (Å²) in [6.45, 7) is 12.8. The zero-order valence-corrected chi connectivity index (χ0v) is 17.9. The number of nitrogens with zero attached hydrogens (tertiary/aromatic N) is 2. The third-order valence-electron chi connectivity index (χ3n) is 5.65. The summed E-state index contributed by atoms with van der Waals surface area (Å²) in [6.07, 6.45) is -0.484. The zero-order valence-electron chi connectivity index (χ0n) is 17.9. The number of β-amino-alcohol motifs (C(OH)–C–C–N with tert-alkyl or cyclic N) is 1. The lowest BCUT2D eigenvalue weighted by Crippen LogP contribution is -2.50. The normalized spacial score (nSPS) is 16.6. The van der Waals surface area contributed by atoms with Crippen molar-refractivity contribution in [3.63, 3.8) is 0 Å². The fraction of sp³-hybridized carbons (Fsp3) is 0.500. The Morgan fingerprint density at radius 2 is 1.52 bits per heavy atom. The molecule has 3 rings (SSSR count). The first-order chi connectivity index (χ1) is 14.0. The van der Waals surface area contributed by atoms with Crippen molar-refractivity contribution in [2.24, 2.45) is 0 Å². The first-order valence-corrected chi connectivity index (χ1v) is 10.5. The molecule has 1 saturated heterocycles.